The molecule has 0 spiro atoms. The van der Waals surface area contributed by atoms with Gasteiger partial charge in [0.1, 0.15) is 0 Å². The van der Waals surface area contributed by atoms with Crippen molar-refractivity contribution < 1.29 is 9.53 Å². The van der Waals surface area contributed by atoms with E-state index in [2.05, 4.69) is 23.5 Å². The summed E-state index contributed by atoms with van der Waals surface area (Å²) in [5, 5.41) is 0. The number of nitrogens with zero attached hydrogens (tertiary/aromatic N) is 1. The lowest BCUT2D eigenvalue weighted by Crippen LogP contribution is -2.26. The number of rotatable bonds is 5. The Morgan fingerprint density at radius 2 is 2.08 bits per heavy atom. The van der Waals surface area contributed by atoms with E-state index in [1.165, 1.54) is 7.11 Å². The van der Waals surface area contributed by atoms with Crippen molar-refractivity contribution in [3.63, 3.8) is 0 Å². The van der Waals surface area contributed by atoms with Crippen LogP contribution in [0.4, 0.5) is 0 Å². The molecule has 0 fully saturated rings. The van der Waals surface area contributed by atoms with E-state index in [1.54, 1.807) is 0 Å². The standard InChI is InChI=1S/C9H19NO2/c1-8(2)7-10(3)6-5-9(11)12-4/h8H,5-7H2,1-4H3. The van der Waals surface area contributed by atoms with Gasteiger partial charge >= 0.3 is 5.97 Å². The Morgan fingerprint density at radius 3 is 2.50 bits per heavy atom. The molecule has 3 nitrogen and oxygen atoms in total. The highest BCUT2D eigenvalue weighted by atomic mass is 16.5. The zero-order valence-corrected chi connectivity index (χ0v) is 8.46. The molecule has 0 aliphatic rings. The maximum atomic E-state index is 10.8. The van der Waals surface area contributed by atoms with Crippen LogP contribution in [0.1, 0.15) is 20.3 Å². The first-order valence-electron chi connectivity index (χ1n) is 4.31. The van der Waals surface area contributed by atoms with Crippen molar-refractivity contribution in [1.29, 1.82) is 0 Å². The van der Waals surface area contributed by atoms with Crippen molar-refractivity contribution >= 4 is 5.97 Å². The van der Waals surface area contributed by atoms with Crippen LogP contribution >= 0.6 is 0 Å². The molecule has 0 aromatic rings. The first-order valence-corrected chi connectivity index (χ1v) is 4.31. The molecule has 3 heteroatoms. The molecule has 0 aliphatic carbocycles. The highest BCUT2D eigenvalue weighted by molar-refractivity contribution is 5.69. The summed E-state index contributed by atoms with van der Waals surface area (Å²) in [7, 11) is 3.44. The van der Waals surface area contributed by atoms with Crippen molar-refractivity contribution in [2.45, 2.75) is 20.3 Å². The van der Waals surface area contributed by atoms with Gasteiger partial charge in [0.05, 0.1) is 13.5 Å². The third-order valence-corrected chi connectivity index (χ3v) is 1.60. The van der Waals surface area contributed by atoms with Crippen LogP contribution in [0.2, 0.25) is 0 Å². The summed E-state index contributed by atoms with van der Waals surface area (Å²) in [6.07, 6.45) is 0.486. The van der Waals surface area contributed by atoms with Crippen LogP contribution in [0.5, 0.6) is 0 Å². The van der Waals surface area contributed by atoms with Crippen molar-refractivity contribution in [2.75, 3.05) is 27.2 Å². The molecule has 0 atom stereocenters. The molecule has 72 valence electrons. The lowest BCUT2D eigenvalue weighted by Gasteiger charge is -2.17. The summed E-state index contributed by atoms with van der Waals surface area (Å²) in [6, 6.07) is 0. The zero-order chi connectivity index (χ0) is 9.56. The topological polar surface area (TPSA) is 29.5 Å². The Kier molecular flexibility index (Phi) is 5.72. The Morgan fingerprint density at radius 1 is 1.50 bits per heavy atom. The molecule has 12 heavy (non-hydrogen) atoms. The van der Waals surface area contributed by atoms with Gasteiger partial charge < -0.3 is 9.64 Å². The van der Waals surface area contributed by atoms with Crippen LogP contribution in [0.15, 0.2) is 0 Å². The van der Waals surface area contributed by atoms with Crippen molar-refractivity contribution in [1.82, 2.24) is 4.90 Å². The predicted molar refractivity (Wildman–Crippen MR) is 49.0 cm³/mol. The van der Waals surface area contributed by atoms with Crippen molar-refractivity contribution in [2.24, 2.45) is 5.92 Å². The monoisotopic (exact) mass is 173 g/mol. The molecule has 0 radical (unpaired) electrons. The summed E-state index contributed by atoms with van der Waals surface area (Å²) in [5.74, 6) is 0.512. The molecule has 0 rings (SSSR count). The maximum absolute atomic E-state index is 10.8. The van der Waals surface area contributed by atoms with E-state index in [0.717, 1.165) is 13.1 Å². The van der Waals surface area contributed by atoms with Gasteiger partial charge in [-0.3, -0.25) is 4.79 Å². The predicted octanol–water partition coefficient (Wildman–Crippen LogP) is 1.14. The minimum atomic E-state index is -0.134. The smallest absolute Gasteiger partial charge is 0.306 e. The highest BCUT2D eigenvalue weighted by Crippen LogP contribution is 1.97. The summed E-state index contributed by atoms with van der Waals surface area (Å²) >= 11 is 0. The average Bonchev–Trinajstić information content (AvgIpc) is 1.99. The van der Waals surface area contributed by atoms with Gasteiger partial charge in [-0.25, -0.2) is 0 Å². The molecule has 0 saturated heterocycles. The molecule has 0 amide bonds. The third kappa shape index (κ3) is 6.16. The second kappa shape index (κ2) is 6.00. The minimum Gasteiger partial charge on any atom is -0.469 e. The van der Waals surface area contributed by atoms with Crippen molar-refractivity contribution in [3.05, 3.63) is 0 Å². The number of carbonyl (C=O) groups is 1. The SMILES string of the molecule is COC(=O)CCN(C)CC(C)C. The molecule has 0 saturated carbocycles. The molecule has 0 aromatic heterocycles. The van der Waals surface area contributed by atoms with Crippen LogP contribution in [-0.2, 0) is 9.53 Å². The van der Waals surface area contributed by atoms with Gasteiger partial charge in [-0.15, -0.1) is 0 Å². The van der Waals surface area contributed by atoms with E-state index in [9.17, 15) is 4.79 Å². The number of ether oxygens (including phenoxy) is 1. The van der Waals surface area contributed by atoms with E-state index in [0.29, 0.717) is 12.3 Å². The van der Waals surface area contributed by atoms with Crippen LogP contribution < -0.4 is 0 Å². The molecule has 0 unspecified atom stereocenters. The molecular formula is C9H19NO2. The lowest BCUT2D eigenvalue weighted by atomic mass is 10.2. The lowest BCUT2D eigenvalue weighted by molar-refractivity contribution is -0.140. The minimum absolute atomic E-state index is 0.134. The van der Waals surface area contributed by atoms with Gasteiger partial charge in [-0.1, -0.05) is 13.8 Å². The second-order valence-corrected chi connectivity index (χ2v) is 3.48. The fraction of sp³-hybridized carbons (Fsp3) is 0.889. The molecular weight excluding hydrogens is 154 g/mol. The van der Waals surface area contributed by atoms with Gasteiger partial charge in [0, 0.05) is 13.1 Å². The van der Waals surface area contributed by atoms with Gasteiger partial charge in [0.25, 0.3) is 0 Å². The van der Waals surface area contributed by atoms with Gasteiger partial charge in [-0.2, -0.15) is 0 Å². The fourth-order valence-corrected chi connectivity index (χ4v) is 1.10. The molecule has 0 heterocycles. The number of esters is 1. The fourth-order valence-electron chi connectivity index (χ4n) is 1.10. The Balaban J connectivity index is 3.43. The van der Waals surface area contributed by atoms with Crippen LogP contribution in [-0.4, -0.2) is 38.1 Å². The summed E-state index contributed by atoms with van der Waals surface area (Å²) in [4.78, 5) is 12.9. The second-order valence-electron chi connectivity index (χ2n) is 3.48. The maximum Gasteiger partial charge on any atom is 0.306 e. The largest absolute Gasteiger partial charge is 0.469 e. The first-order chi connectivity index (χ1) is 5.56. The van der Waals surface area contributed by atoms with E-state index in [4.69, 9.17) is 0 Å². The quantitative estimate of drug-likeness (QED) is 0.584. The van der Waals surface area contributed by atoms with Crippen LogP contribution in [0.3, 0.4) is 0 Å². The number of hydrogen-bond donors (Lipinski definition) is 0. The Labute approximate surface area is 74.7 Å². The number of carbonyl (C=O) groups excluding carboxylic acids is 1. The third-order valence-electron chi connectivity index (χ3n) is 1.60. The van der Waals surface area contributed by atoms with Crippen molar-refractivity contribution in [3.8, 4) is 0 Å². The number of methoxy groups -OCH3 is 1. The van der Waals surface area contributed by atoms with E-state index >= 15 is 0 Å². The molecule has 0 aliphatic heterocycles. The highest BCUT2D eigenvalue weighted by Gasteiger charge is 2.04. The van der Waals surface area contributed by atoms with Gasteiger partial charge in [-0.05, 0) is 13.0 Å². The molecule has 0 bridgehead atoms. The van der Waals surface area contributed by atoms with E-state index < -0.39 is 0 Å². The van der Waals surface area contributed by atoms with E-state index in [1.807, 2.05) is 7.05 Å². The molecule has 0 aromatic carbocycles. The normalized spacial score (nSPS) is 10.8. The Bertz CT molecular complexity index is 134. The Hall–Kier alpha value is -0.570. The molecule has 0 N–H and O–H groups in total. The summed E-state index contributed by atoms with van der Waals surface area (Å²) in [5.41, 5.74) is 0. The first kappa shape index (κ1) is 11.4. The summed E-state index contributed by atoms with van der Waals surface area (Å²) < 4.78 is 4.54. The zero-order valence-electron chi connectivity index (χ0n) is 8.46. The van der Waals surface area contributed by atoms with Gasteiger partial charge in [0.2, 0.25) is 0 Å². The summed E-state index contributed by atoms with van der Waals surface area (Å²) in [6.45, 7) is 6.13. The van der Waals surface area contributed by atoms with Crippen LogP contribution in [0, 0.1) is 5.92 Å². The van der Waals surface area contributed by atoms with Gasteiger partial charge in [0.15, 0.2) is 0 Å². The van der Waals surface area contributed by atoms with E-state index in [-0.39, 0.29) is 5.97 Å². The number of hydrogen-bond acceptors (Lipinski definition) is 3. The van der Waals surface area contributed by atoms with Crippen LogP contribution in [0.25, 0.3) is 0 Å². The average molecular weight is 173 g/mol.